The van der Waals surface area contributed by atoms with Gasteiger partial charge in [0.2, 0.25) is 0 Å². The molecule has 0 radical (unpaired) electrons. The highest BCUT2D eigenvalue weighted by atomic mass is 16.5. The molecule has 1 amide bonds. The van der Waals surface area contributed by atoms with Crippen LogP contribution in [0.2, 0.25) is 0 Å². The second-order valence-corrected chi connectivity index (χ2v) is 5.75. The molecular weight excluding hydrogens is 344 g/mol. The molecule has 7 heteroatoms. The van der Waals surface area contributed by atoms with Crippen molar-refractivity contribution >= 4 is 23.1 Å². The van der Waals surface area contributed by atoms with Gasteiger partial charge >= 0.3 is 0 Å². The molecule has 1 aromatic heterocycles. The van der Waals surface area contributed by atoms with Gasteiger partial charge in [-0.2, -0.15) is 0 Å². The topological polar surface area (TPSA) is 85.4 Å². The van der Waals surface area contributed by atoms with E-state index >= 15 is 0 Å². The van der Waals surface area contributed by atoms with Gasteiger partial charge in [0.15, 0.2) is 0 Å². The molecule has 3 rings (SSSR count). The summed E-state index contributed by atoms with van der Waals surface area (Å²) in [5, 5.41) is 5.99. The Labute approximate surface area is 157 Å². The molecule has 0 unspecified atom stereocenters. The number of nitrogens with zero attached hydrogens (tertiary/aromatic N) is 2. The molecule has 7 nitrogen and oxygen atoms in total. The number of aryl methyl sites for hydroxylation is 1. The molecule has 0 aliphatic rings. The van der Waals surface area contributed by atoms with E-state index in [1.165, 1.54) is 13.4 Å². The van der Waals surface area contributed by atoms with Crippen molar-refractivity contribution < 1.29 is 14.3 Å². The minimum Gasteiger partial charge on any atom is -0.497 e. The second kappa shape index (κ2) is 8.18. The van der Waals surface area contributed by atoms with Crippen molar-refractivity contribution in [2.75, 3.05) is 24.9 Å². The van der Waals surface area contributed by atoms with Gasteiger partial charge in [-0.05, 0) is 30.7 Å². The van der Waals surface area contributed by atoms with E-state index in [9.17, 15) is 4.79 Å². The number of nitrogens with one attached hydrogen (secondary N) is 2. The average molecular weight is 364 g/mol. The number of anilines is 3. The summed E-state index contributed by atoms with van der Waals surface area (Å²) in [5.74, 6) is 1.30. The van der Waals surface area contributed by atoms with Gasteiger partial charge in [-0.15, -0.1) is 0 Å². The van der Waals surface area contributed by atoms with Crippen LogP contribution in [-0.4, -0.2) is 30.1 Å². The van der Waals surface area contributed by atoms with Crippen molar-refractivity contribution in [3.63, 3.8) is 0 Å². The number of aromatic nitrogens is 2. The lowest BCUT2D eigenvalue weighted by atomic mass is 10.2. The molecule has 0 spiro atoms. The molecule has 0 saturated heterocycles. The Morgan fingerprint density at radius 1 is 0.963 bits per heavy atom. The molecular formula is C20H20N4O3. The van der Waals surface area contributed by atoms with Gasteiger partial charge in [-0.1, -0.05) is 18.2 Å². The summed E-state index contributed by atoms with van der Waals surface area (Å²) in [7, 11) is 3.09. The van der Waals surface area contributed by atoms with Gasteiger partial charge in [0.1, 0.15) is 29.3 Å². The van der Waals surface area contributed by atoms with E-state index in [0.717, 1.165) is 11.3 Å². The molecule has 138 valence electrons. The molecule has 2 N–H and O–H groups in total. The van der Waals surface area contributed by atoms with Crippen LogP contribution in [0.5, 0.6) is 11.5 Å². The molecule has 0 atom stereocenters. The fourth-order valence-electron chi connectivity index (χ4n) is 2.49. The van der Waals surface area contributed by atoms with Crippen molar-refractivity contribution in [3.05, 3.63) is 66.1 Å². The molecule has 0 fully saturated rings. The van der Waals surface area contributed by atoms with Crippen LogP contribution in [0.1, 0.15) is 16.1 Å². The maximum atomic E-state index is 12.6. The van der Waals surface area contributed by atoms with E-state index in [4.69, 9.17) is 9.47 Å². The van der Waals surface area contributed by atoms with E-state index in [-0.39, 0.29) is 11.6 Å². The van der Waals surface area contributed by atoms with Crippen LogP contribution >= 0.6 is 0 Å². The van der Waals surface area contributed by atoms with Crippen LogP contribution in [0.3, 0.4) is 0 Å². The van der Waals surface area contributed by atoms with Gasteiger partial charge in [0.05, 0.1) is 19.9 Å². The summed E-state index contributed by atoms with van der Waals surface area (Å²) in [6, 6.07) is 14.6. The summed E-state index contributed by atoms with van der Waals surface area (Å²) in [4.78, 5) is 20.8. The van der Waals surface area contributed by atoms with Crippen molar-refractivity contribution in [3.8, 4) is 11.5 Å². The third-order valence-corrected chi connectivity index (χ3v) is 3.96. The van der Waals surface area contributed by atoms with Crippen LogP contribution in [0.4, 0.5) is 17.2 Å². The quantitative estimate of drug-likeness (QED) is 0.692. The first-order chi connectivity index (χ1) is 13.1. The lowest BCUT2D eigenvalue weighted by Gasteiger charge is -2.12. The summed E-state index contributed by atoms with van der Waals surface area (Å²) >= 11 is 0. The number of ether oxygens (including phenoxy) is 2. The largest absolute Gasteiger partial charge is 0.497 e. The van der Waals surface area contributed by atoms with Crippen LogP contribution in [0.25, 0.3) is 0 Å². The van der Waals surface area contributed by atoms with Crippen LogP contribution < -0.4 is 20.1 Å². The monoisotopic (exact) mass is 364 g/mol. The van der Waals surface area contributed by atoms with Gasteiger partial charge in [-0.25, -0.2) is 9.97 Å². The first-order valence-electron chi connectivity index (χ1n) is 8.29. The standard InChI is InChI=1S/C20H20N4O3/c1-13-6-4-5-7-15(13)23-19-11-17(21-12-22-19)20(25)24-16-9-8-14(26-2)10-18(16)27-3/h4-12H,1-3H3,(H,24,25)(H,21,22,23). The molecule has 0 saturated carbocycles. The Balaban J connectivity index is 1.79. The summed E-state index contributed by atoms with van der Waals surface area (Å²) in [6.45, 7) is 1.99. The number of amides is 1. The van der Waals surface area contributed by atoms with E-state index in [2.05, 4.69) is 20.6 Å². The number of benzene rings is 2. The highest BCUT2D eigenvalue weighted by molar-refractivity contribution is 6.04. The first-order valence-corrected chi connectivity index (χ1v) is 8.29. The van der Waals surface area contributed by atoms with Gasteiger partial charge in [0, 0.05) is 17.8 Å². The minimum absolute atomic E-state index is 0.235. The van der Waals surface area contributed by atoms with Crippen molar-refractivity contribution in [1.82, 2.24) is 9.97 Å². The van der Waals surface area contributed by atoms with Crippen molar-refractivity contribution in [2.24, 2.45) is 0 Å². The number of carbonyl (C=O) groups excluding carboxylic acids is 1. The number of para-hydroxylation sites is 1. The number of methoxy groups -OCH3 is 2. The average Bonchev–Trinajstić information content (AvgIpc) is 2.70. The zero-order valence-corrected chi connectivity index (χ0v) is 15.3. The van der Waals surface area contributed by atoms with E-state index in [1.54, 1.807) is 31.4 Å². The Morgan fingerprint density at radius 2 is 1.78 bits per heavy atom. The third kappa shape index (κ3) is 4.33. The van der Waals surface area contributed by atoms with E-state index < -0.39 is 0 Å². The number of rotatable bonds is 6. The maximum Gasteiger partial charge on any atom is 0.274 e. The predicted octanol–water partition coefficient (Wildman–Crippen LogP) is 3.80. The van der Waals surface area contributed by atoms with Crippen LogP contribution in [0, 0.1) is 6.92 Å². The predicted molar refractivity (Wildman–Crippen MR) is 104 cm³/mol. The summed E-state index contributed by atoms with van der Waals surface area (Å²) < 4.78 is 10.5. The van der Waals surface area contributed by atoms with E-state index in [0.29, 0.717) is 23.0 Å². The third-order valence-electron chi connectivity index (χ3n) is 3.96. The molecule has 2 aromatic carbocycles. The number of hydrogen-bond donors (Lipinski definition) is 2. The lowest BCUT2D eigenvalue weighted by Crippen LogP contribution is -2.15. The fraction of sp³-hybridized carbons (Fsp3) is 0.150. The maximum absolute atomic E-state index is 12.6. The highest BCUT2D eigenvalue weighted by Gasteiger charge is 2.13. The normalized spacial score (nSPS) is 10.2. The number of carbonyl (C=O) groups is 1. The smallest absolute Gasteiger partial charge is 0.274 e. The van der Waals surface area contributed by atoms with Crippen molar-refractivity contribution in [1.29, 1.82) is 0 Å². The zero-order chi connectivity index (χ0) is 19.2. The fourth-order valence-corrected chi connectivity index (χ4v) is 2.49. The summed E-state index contributed by atoms with van der Waals surface area (Å²) in [5.41, 5.74) is 2.75. The van der Waals surface area contributed by atoms with Crippen LogP contribution in [-0.2, 0) is 0 Å². The Kier molecular flexibility index (Phi) is 5.51. The van der Waals surface area contributed by atoms with Crippen molar-refractivity contribution in [2.45, 2.75) is 6.92 Å². The zero-order valence-electron chi connectivity index (χ0n) is 15.3. The lowest BCUT2D eigenvalue weighted by molar-refractivity contribution is 0.102. The Bertz CT molecular complexity index is 959. The van der Waals surface area contributed by atoms with E-state index in [1.807, 2.05) is 31.2 Å². The van der Waals surface area contributed by atoms with Gasteiger partial charge < -0.3 is 20.1 Å². The minimum atomic E-state index is -0.367. The molecule has 0 aliphatic heterocycles. The first kappa shape index (κ1) is 18.2. The highest BCUT2D eigenvalue weighted by Crippen LogP contribution is 2.29. The Hall–Kier alpha value is -3.61. The number of hydrogen-bond acceptors (Lipinski definition) is 6. The second-order valence-electron chi connectivity index (χ2n) is 5.75. The van der Waals surface area contributed by atoms with Crippen LogP contribution in [0.15, 0.2) is 54.9 Å². The molecule has 1 heterocycles. The molecule has 3 aromatic rings. The molecule has 0 bridgehead atoms. The molecule has 27 heavy (non-hydrogen) atoms. The van der Waals surface area contributed by atoms with Gasteiger partial charge in [0.25, 0.3) is 5.91 Å². The Morgan fingerprint density at radius 3 is 2.52 bits per heavy atom. The molecule has 0 aliphatic carbocycles. The van der Waals surface area contributed by atoms with Gasteiger partial charge in [-0.3, -0.25) is 4.79 Å². The SMILES string of the molecule is COc1ccc(NC(=O)c2cc(Nc3ccccc3C)ncn2)c(OC)c1. The summed E-state index contributed by atoms with van der Waals surface area (Å²) in [6.07, 6.45) is 1.35.